The van der Waals surface area contributed by atoms with Crippen molar-refractivity contribution in [1.82, 2.24) is 15.3 Å². The van der Waals surface area contributed by atoms with Gasteiger partial charge in [-0.15, -0.1) is 0 Å². The predicted molar refractivity (Wildman–Crippen MR) is 151 cm³/mol. The summed E-state index contributed by atoms with van der Waals surface area (Å²) in [6.07, 6.45) is 0. The van der Waals surface area contributed by atoms with Gasteiger partial charge in [0.15, 0.2) is 5.16 Å². The van der Waals surface area contributed by atoms with Gasteiger partial charge in [0.2, 0.25) is 0 Å². The molecule has 0 saturated carbocycles. The molecular weight excluding hydrogens is 490 g/mol. The molecule has 4 rings (SSSR count). The Morgan fingerprint density at radius 2 is 1.67 bits per heavy atom. The molecule has 2 heterocycles. The number of para-hydroxylation sites is 1. The van der Waals surface area contributed by atoms with Gasteiger partial charge in [-0.25, -0.2) is 9.97 Å². The van der Waals surface area contributed by atoms with Gasteiger partial charge >= 0.3 is 0 Å². The van der Waals surface area contributed by atoms with Crippen molar-refractivity contribution in [3.8, 4) is 0 Å². The second-order valence-electron chi connectivity index (χ2n) is 9.56. The largest absolute Gasteiger partial charge is 0.367 e. The van der Waals surface area contributed by atoms with Gasteiger partial charge in [0.1, 0.15) is 5.82 Å². The summed E-state index contributed by atoms with van der Waals surface area (Å²) < 4.78 is 0. The average Bonchev–Trinajstić information content (AvgIpc) is 2.88. The van der Waals surface area contributed by atoms with Crippen LogP contribution in [0.2, 0.25) is 5.02 Å². The van der Waals surface area contributed by atoms with Crippen LogP contribution in [-0.2, 0) is 5.75 Å². The lowest BCUT2D eigenvalue weighted by atomic mass is 10.1. The van der Waals surface area contributed by atoms with Gasteiger partial charge in [0.05, 0.1) is 10.7 Å². The van der Waals surface area contributed by atoms with E-state index in [0.29, 0.717) is 18.0 Å². The van der Waals surface area contributed by atoms with Crippen LogP contribution in [0.25, 0.3) is 0 Å². The van der Waals surface area contributed by atoms with E-state index < -0.39 is 0 Å². The Labute approximate surface area is 223 Å². The summed E-state index contributed by atoms with van der Waals surface area (Å²) in [6.45, 7) is 12.6. The third kappa shape index (κ3) is 6.51. The van der Waals surface area contributed by atoms with Crippen LogP contribution in [0.5, 0.6) is 0 Å². The molecule has 1 amide bonds. The van der Waals surface area contributed by atoms with E-state index in [1.807, 2.05) is 42.5 Å². The molecule has 0 spiro atoms. The molecule has 1 aromatic heterocycles. The van der Waals surface area contributed by atoms with Crippen LogP contribution in [0.3, 0.4) is 0 Å². The van der Waals surface area contributed by atoms with E-state index in [1.165, 1.54) is 0 Å². The summed E-state index contributed by atoms with van der Waals surface area (Å²) in [5, 5.41) is 4.53. The number of anilines is 2. The highest BCUT2D eigenvalue weighted by Gasteiger charge is 2.22. The molecule has 1 saturated heterocycles. The fourth-order valence-electron chi connectivity index (χ4n) is 4.13. The Balaban J connectivity index is 1.38. The minimum atomic E-state index is -0.0281. The summed E-state index contributed by atoms with van der Waals surface area (Å²) in [7, 11) is 0. The number of aryl methyl sites for hydroxylation is 1. The van der Waals surface area contributed by atoms with Gasteiger partial charge < -0.3 is 15.1 Å². The Kier molecular flexibility index (Phi) is 8.75. The molecule has 0 unspecified atom stereocenters. The van der Waals surface area contributed by atoms with E-state index in [0.717, 1.165) is 70.4 Å². The monoisotopic (exact) mass is 523 g/mol. The molecule has 190 valence electrons. The number of carbonyl (C=O) groups excluding carboxylic acids is 1. The maximum absolute atomic E-state index is 12.3. The fraction of sp³-hybridized carbons (Fsp3) is 0.393. The number of aromatic nitrogens is 2. The zero-order valence-corrected chi connectivity index (χ0v) is 23.0. The van der Waals surface area contributed by atoms with E-state index in [1.54, 1.807) is 11.8 Å². The van der Waals surface area contributed by atoms with Crippen LogP contribution in [-0.4, -0.2) is 48.6 Å². The van der Waals surface area contributed by atoms with Crippen molar-refractivity contribution in [2.75, 3.05) is 42.5 Å². The Bertz CT molecular complexity index is 1190. The first-order valence-corrected chi connectivity index (χ1v) is 13.8. The summed E-state index contributed by atoms with van der Waals surface area (Å²) >= 11 is 8.04. The number of nitrogens with zero attached hydrogens (tertiary/aromatic N) is 4. The molecule has 1 aliphatic heterocycles. The van der Waals surface area contributed by atoms with Gasteiger partial charge in [-0.1, -0.05) is 61.5 Å². The van der Waals surface area contributed by atoms with E-state index in [2.05, 4.69) is 48.9 Å². The van der Waals surface area contributed by atoms with Crippen molar-refractivity contribution in [3.63, 3.8) is 0 Å². The highest BCUT2D eigenvalue weighted by atomic mass is 35.5. The molecule has 6 nitrogen and oxygen atoms in total. The second-order valence-corrected chi connectivity index (χ2v) is 10.9. The Morgan fingerprint density at radius 3 is 2.33 bits per heavy atom. The SMILES string of the molecule is Cc1nc(SCc2ccc(C(=O)NCC(C)C)cc2)nc(N2CCN(c3ccccc3Cl)CC2)c1C. The van der Waals surface area contributed by atoms with Crippen molar-refractivity contribution < 1.29 is 4.79 Å². The molecule has 1 aliphatic rings. The van der Waals surface area contributed by atoms with Crippen LogP contribution in [0.1, 0.15) is 41.0 Å². The van der Waals surface area contributed by atoms with Crippen LogP contribution >= 0.6 is 23.4 Å². The smallest absolute Gasteiger partial charge is 0.251 e. The molecule has 3 aromatic rings. The molecule has 0 radical (unpaired) electrons. The average molecular weight is 524 g/mol. The molecule has 36 heavy (non-hydrogen) atoms. The number of nitrogens with one attached hydrogen (secondary N) is 1. The highest BCUT2D eigenvalue weighted by Crippen LogP contribution is 2.29. The molecule has 8 heteroatoms. The lowest BCUT2D eigenvalue weighted by Gasteiger charge is -2.37. The van der Waals surface area contributed by atoms with Crippen LogP contribution in [0, 0.1) is 19.8 Å². The number of amides is 1. The number of hydrogen-bond donors (Lipinski definition) is 1. The minimum Gasteiger partial charge on any atom is -0.367 e. The van der Waals surface area contributed by atoms with Gasteiger partial charge in [-0.2, -0.15) is 0 Å². The zero-order chi connectivity index (χ0) is 25.7. The maximum Gasteiger partial charge on any atom is 0.251 e. The third-order valence-corrected chi connectivity index (χ3v) is 7.61. The highest BCUT2D eigenvalue weighted by molar-refractivity contribution is 7.98. The van der Waals surface area contributed by atoms with Crippen molar-refractivity contribution in [1.29, 1.82) is 0 Å². The van der Waals surface area contributed by atoms with Gasteiger partial charge in [-0.05, 0) is 49.6 Å². The van der Waals surface area contributed by atoms with Crippen LogP contribution < -0.4 is 15.1 Å². The van der Waals surface area contributed by atoms with E-state index in [4.69, 9.17) is 21.6 Å². The van der Waals surface area contributed by atoms with Crippen LogP contribution in [0.15, 0.2) is 53.7 Å². The number of piperazine rings is 1. The van der Waals surface area contributed by atoms with Crippen LogP contribution in [0.4, 0.5) is 11.5 Å². The number of halogens is 1. The number of thioether (sulfide) groups is 1. The van der Waals surface area contributed by atoms with Crippen molar-refractivity contribution in [2.45, 2.75) is 38.6 Å². The molecular formula is C28H34ClN5OS. The molecule has 0 aliphatic carbocycles. The third-order valence-electron chi connectivity index (χ3n) is 6.37. The van der Waals surface area contributed by atoms with Crippen molar-refractivity contribution >= 4 is 40.8 Å². The number of hydrogen-bond acceptors (Lipinski definition) is 6. The topological polar surface area (TPSA) is 61.4 Å². The quantitative estimate of drug-likeness (QED) is 0.299. The summed E-state index contributed by atoms with van der Waals surface area (Å²) in [5.41, 5.74) is 5.05. The molecule has 0 atom stereocenters. The number of benzene rings is 2. The van der Waals surface area contributed by atoms with Crippen molar-refractivity contribution in [3.05, 3.63) is 75.9 Å². The normalized spacial score (nSPS) is 13.8. The number of carbonyl (C=O) groups is 1. The summed E-state index contributed by atoms with van der Waals surface area (Å²) in [4.78, 5) is 26.6. The molecule has 0 bridgehead atoms. The Hall–Kier alpha value is -2.77. The maximum atomic E-state index is 12.3. The minimum absolute atomic E-state index is 0.0281. The molecule has 2 aromatic carbocycles. The first-order valence-electron chi connectivity index (χ1n) is 12.4. The van der Waals surface area contributed by atoms with Gasteiger partial charge in [0.25, 0.3) is 5.91 Å². The Morgan fingerprint density at radius 1 is 1.00 bits per heavy atom. The van der Waals surface area contributed by atoms with Crippen molar-refractivity contribution in [2.24, 2.45) is 5.92 Å². The standard InChI is InChI=1S/C28H34ClN5OS/c1-19(2)17-30-27(35)23-11-9-22(10-12-23)18-36-28-31-21(4)20(3)26(32-28)34-15-13-33(14-16-34)25-8-6-5-7-24(25)29/h5-12,19H,13-18H2,1-4H3,(H,30,35). The van der Waals surface area contributed by atoms with Gasteiger partial charge in [-0.3, -0.25) is 4.79 Å². The molecule has 1 fully saturated rings. The summed E-state index contributed by atoms with van der Waals surface area (Å²) in [6, 6.07) is 15.8. The number of rotatable bonds is 8. The lowest BCUT2D eigenvalue weighted by molar-refractivity contribution is 0.0949. The first kappa shape index (κ1) is 26.3. The zero-order valence-electron chi connectivity index (χ0n) is 21.4. The van der Waals surface area contributed by atoms with E-state index >= 15 is 0 Å². The fourth-order valence-corrected chi connectivity index (χ4v) is 5.22. The van der Waals surface area contributed by atoms with Gasteiger partial charge in [0, 0.05) is 55.3 Å². The second kappa shape index (κ2) is 12.0. The lowest BCUT2D eigenvalue weighted by Crippen LogP contribution is -2.47. The summed E-state index contributed by atoms with van der Waals surface area (Å²) in [5.74, 6) is 2.16. The molecule has 1 N–H and O–H groups in total. The van der Waals surface area contributed by atoms with E-state index in [9.17, 15) is 4.79 Å². The first-order chi connectivity index (χ1) is 17.3. The van der Waals surface area contributed by atoms with E-state index in [-0.39, 0.29) is 5.91 Å². The predicted octanol–water partition coefficient (Wildman–Crippen LogP) is 5.75.